The number of anilines is 1. The molecule has 1 saturated heterocycles. The molecule has 1 aromatic carbocycles. The molecule has 3 heterocycles. The molecule has 1 aliphatic rings. The molecule has 0 amide bonds. The summed E-state index contributed by atoms with van der Waals surface area (Å²) in [6.07, 6.45) is 6.36. The summed E-state index contributed by atoms with van der Waals surface area (Å²) in [6, 6.07) is 5.80. The topological polar surface area (TPSA) is 85.0 Å². The molecule has 2 aromatic heterocycles. The van der Waals surface area contributed by atoms with E-state index >= 15 is 0 Å². The van der Waals surface area contributed by atoms with Gasteiger partial charge in [0.25, 0.3) is 0 Å². The molecular formula is C17H19N5O2. The molecule has 0 unspecified atom stereocenters. The summed E-state index contributed by atoms with van der Waals surface area (Å²) >= 11 is 0. The number of rotatable bonds is 5. The maximum atomic E-state index is 5.87. The maximum absolute atomic E-state index is 5.87. The van der Waals surface area contributed by atoms with Crippen LogP contribution in [0, 0.1) is 5.92 Å². The van der Waals surface area contributed by atoms with Crippen LogP contribution in [0.3, 0.4) is 0 Å². The zero-order chi connectivity index (χ0) is 16.4. The predicted molar refractivity (Wildman–Crippen MR) is 90.0 cm³/mol. The molecule has 0 bridgehead atoms. The number of hydrogen-bond acceptors (Lipinski definition) is 6. The minimum absolute atomic E-state index is 0.0613. The van der Waals surface area contributed by atoms with Crippen LogP contribution in [-0.2, 0) is 4.74 Å². The van der Waals surface area contributed by atoms with Gasteiger partial charge in [0.1, 0.15) is 17.9 Å². The molecule has 0 spiro atoms. The highest BCUT2D eigenvalue weighted by atomic mass is 16.5. The Morgan fingerprint density at radius 1 is 1.38 bits per heavy atom. The Morgan fingerprint density at radius 3 is 3.17 bits per heavy atom. The lowest BCUT2D eigenvalue weighted by atomic mass is 9.97. The lowest BCUT2D eigenvalue weighted by Gasteiger charge is -2.19. The van der Waals surface area contributed by atoms with Crippen LogP contribution in [0.4, 0.5) is 5.82 Å². The van der Waals surface area contributed by atoms with Crippen molar-refractivity contribution < 1.29 is 9.47 Å². The highest BCUT2D eigenvalue weighted by Crippen LogP contribution is 2.35. The molecule has 0 radical (unpaired) electrons. The Bertz CT molecular complexity index is 816. The van der Waals surface area contributed by atoms with Crippen LogP contribution < -0.4 is 10.1 Å². The van der Waals surface area contributed by atoms with Crippen LogP contribution in [0.15, 0.2) is 36.9 Å². The Balaban J connectivity index is 1.57. The van der Waals surface area contributed by atoms with Gasteiger partial charge in [0.2, 0.25) is 0 Å². The van der Waals surface area contributed by atoms with Gasteiger partial charge < -0.3 is 14.8 Å². The molecule has 2 N–H and O–H groups in total. The van der Waals surface area contributed by atoms with Gasteiger partial charge in [0.05, 0.1) is 30.3 Å². The second-order valence-corrected chi connectivity index (χ2v) is 5.83. The molecule has 7 nitrogen and oxygen atoms in total. The van der Waals surface area contributed by atoms with Crippen molar-refractivity contribution in [3.8, 4) is 5.75 Å². The smallest absolute Gasteiger partial charge is 0.141 e. The average molecular weight is 325 g/mol. The number of benzene rings is 1. The zero-order valence-electron chi connectivity index (χ0n) is 13.4. The normalized spacial score (nSPS) is 20.4. The standard InChI is InChI=1S/C17H19N5O2/c1-23-14-4-2-3-13-15(14)17(20-10-19-13)18-7-11-5-6-24-16(11)12-8-21-22-9-12/h2-4,8-11,16H,5-7H2,1H3,(H,21,22)(H,18,19,20)/t11-,16+/m0/s1. The van der Waals surface area contributed by atoms with E-state index in [9.17, 15) is 0 Å². The van der Waals surface area contributed by atoms with Crippen molar-refractivity contribution in [3.05, 3.63) is 42.5 Å². The van der Waals surface area contributed by atoms with Crippen molar-refractivity contribution in [2.24, 2.45) is 5.92 Å². The molecule has 2 atom stereocenters. The van der Waals surface area contributed by atoms with E-state index < -0.39 is 0 Å². The van der Waals surface area contributed by atoms with Crippen LogP contribution in [0.2, 0.25) is 0 Å². The average Bonchev–Trinajstić information content (AvgIpc) is 3.30. The summed E-state index contributed by atoms with van der Waals surface area (Å²) in [7, 11) is 1.66. The van der Waals surface area contributed by atoms with Gasteiger partial charge in [-0.05, 0) is 18.6 Å². The molecule has 0 saturated carbocycles. The van der Waals surface area contributed by atoms with E-state index in [4.69, 9.17) is 9.47 Å². The number of fused-ring (bicyclic) bond motifs is 1. The molecule has 4 rings (SSSR count). The van der Waals surface area contributed by atoms with Gasteiger partial charge in [0.15, 0.2) is 0 Å². The summed E-state index contributed by atoms with van der Waals surface area (Å²) in [5.41, 5.74) is 1.95. The van der Waals surface area contributed by atoms with Crippen molar-refractivity contribution in [1.82, 2.24) is 20.2 Å². The monoisotopic (exact) mass is 325 g/mol. The summed E-state index contributed by atoms with van der Waals surface area (Å²) in [6.45, 7) is 1.52. The summed E-state index contributed by atoms with van der Waals surface area (Å²) in [5, 5.41) is 11.2. The molecule has 3 aromatic rings. The molecule has 7 heteroatoms. The van der Waals surface area contributed by atoms with Crippen LogP contribution in [0.5, 0.6) is 5.75 Å². The van der Waals surface area contributed by atoms with Crippen molar-refractivity contribution in [3.63, 3.8) is 0 Å². The lowest BCUT2D eigenvalue weighted by Crippen LogP contribution is -2.18. The van der Waals surface area contributed by atoms with Gasteiger partial charge in [-0.1, -0.05) is 6.07 Å². The van der Waals surface area contributed by atoms with Gasteiger partial charge in [-0.3, -0.25) is 5.10 Å². The van der Waals surface area contributed by atoms with Crippen LogP contribution in [0.25, 0.3) is 10.9 Å². The Hall–Kier alpha value is -2.67. The number of aromatic amines is 1. The van der Waals surface area contributed by atoms with Crippen molar-refractivity contribution in [1.29, 1.82) is 0 Å². The maximum Gasteiger partial charge on any atom is 0.141 e. The Kier molecular flexibility index (Phi) is 4.00. The molecule has 24 heavy (non-hydrogen) atoms. The van der Waals surface area contributed by atoms with Crippen molar-refractivity contribution in [2.75, 3.05) is 25.6 Å². The first-order valence-electron chi connectivity index (χ1n) is 7.98. The Morgan fingerprint density at radius 2 is 2.33 bits per heavy atom. The lowest BCUT2D eigenvalue weighted by molar-refractivity contribution is 0.0933. The van der Waals surface area contributed by atoms with E-state index in [1.165, 1.54) is 0 Å². The van der Waals surface area contributed by atoms with Gasteiger partial charge in [0, 0.05) is 30.8 Å². The number of hydrogen-bond donors (Lipinski definition) is 2. The number of nitrogens with zero attached hydrogens (tertiary/aromatic N) is 3. The number of aromatic nitrogens is 4. The van der Waals surface area contributed by atoms with Crippen LogP contribution in [0.1, 0.15) is 18.1 Å². The summed E-state index contributed by atoms with van der Waals surface area (Å²) < 4.78 is 11.3. The van der Waals surface area contributed by atoms with Gasteiger partial charge in [-0.15, -0.1) is 0 Å². The Labute approximate surface area is 139 Å². The molecule has 1 aliphatic heterocycles. The number of methoxy groups -OCH3 is 1. The second-order valence-electron chi connectivity index (χ2n) is 5.83. The van der Waals surface area contributed by atoms with Crippen LogP contribution in [-0.4, -0.2) is 40.4 Å². The molecule has 1 fully saturated rings. The van der Waals surface area contributed by atoms with Crippen molar-refractivity contribution >= 4 is 16.7 Å². The fourth-order valence-electron chi connectivity index (χ4n) is 3.24. The number of H-pyrrole nitrogens is 1. The fourth-order valence-corrected chi connectivity index (χ4v) is 3.24. The fraction of sp³-hybridized carbons (Fsp3) is 0.353. The molecular weight excluding hydrogens is 306 g/mol. The van der Waals surface area contributed by atoms with E-state index in [2.05, 4.69) is 25.5 Å². The van der Waals surface area contributed by atoms with Crippen molar-refractivity contribution in [2.45, 2.75) is 12.5 Å². The summed E-state index contributed by atoms with van der Waals surface area (Å²) in [4.78, 5) is 8.72. The van der Waals surface area contributed by atoms with Gasteiger partial charge >= 0.3 is 0 Å². The first kappa shape index (κ1) is 14.9. The van der Waals surface area contributed by atoms with E-state index in [0.29, 0.717) is 5.92 Å². The minimum atomic E-state index is 0.0613. The first-order chi connectivity index (χ1) is 11.9. The quantitative estimate of drug-likeness (QED) is 0.750. The highest BCUT2D eigenvalue weighted by molar-refractivity contribution is 5.94. The predicted octanol–water partition coefficient (Wildman–Crippen LogP) is 2.55. The number of nitrogens with one attached hydrogen (secondary N) is 2. The van der Waals surface area contributed by atoms with E-state index in [1.807, 2.05) is 30.6 Å². The summed E-state index contributed by atoms with van der Waals surface area (Å²) in [5.74, 6) is 1.92. The van der Waals surface area contributed by atoms with E-state index in [-0.39, 0.29) is 6.10 Å². The third kappa shape index (κ3) is 2.67. The third-order valence-corrected chi connectivity index (χ3v) is 4.44. The van der Waals surface area contributed by atoms with Gasteiger partial charge in [-0.25, -0.2) is 9.97 Å². The van der Waals surface area contributed by atoms with E-state index in [0.717, 1.165) is 47.6 Å². The number of ether oxygens (including phenoxy) is 2. The van der Waals surface area contributed by atoms with Gasteiger partial charge in [-0.2, -0.15) is 5.10 Å². The SMILES string of the molecule is COc1cccc2ncnc(NC[C@@H]3CCO[C@H]3c3cn[nH]c3)c12. The third-order valence-electron chi connectivity index (χ3n) is 4.44. The first-order valence-corrected chi connectivity index (χ1v) is 7.98. The molecule has 0 aliphatic carbocycles. The second kappa shape index (κ2) is 6.45. The highest BCUT2D eigenvalue weighted by Gasteiger charge is 2.30. The minimum Gasteiger partial charge on any atom is -0.496 e. The van der Waals surface area contributed by atoms with E-state index in [1.54, 1.807) is 13.4 Å². The largest absolute Gasteiger partial charge is 0.496 e. The van der Waals surface area contributed by atoms with Crippen LogP contribution >= 0.6 is 0 Å². The zero-order valence-corrected chi connectivity index (χ0v) is 13.4. The molecule has 124 valence electrons.